The monoisotopic (exact) mass is 612 g/mol. The van der Waals surface area contributed by atoms with Gasteiger partial charge < -0.3 is 14.4 Å². The highest BCUT2D eigenvalue weighted by molar-refractivity contribution is 7.70. The van der Waals surface area contributed by atoms with Crippen LogP contribution in [-0.4, -0.2) is 97.5 Å². The molecule has 230 valence electrons. The lowest BCUT2D eigenvalue weighted by molar-refractivity contribution is -0.384. The Kier molecular flexibility index (Phi) is 9.26. The first-order chi connectivity index (χ1) is 20.6. The van der Waals surface area contributed by atoms with Crippen LogP contribution in [0, 0.1) is 10.1 Å². The summed E-state index contributed by atoms with van der Waals surface area (Å²) < 4.78 is 28.5. The maximum absolute atomic E-state index is 15.7. The summed E-state index contributed by atoms with van der Waals surface area (Å²) in [5.41, 5.74) is 0.920. The van der Waals surface area contributed by atoms with Gasteiger partial charge >= 0.3 is 0 Å². The van der Waals surface area contributed by atoms with Gasteiger partial charge in [0.15, 0.2) is 5.82 Å². The van der Waals surface area contributed by atoms with Crippen LogP contribution in [0.5, 0.6) is 0 Å². The normalized spacial score (nSPS) is 17.2. The van der Waals surface area contributed by atoms with Crippen LogP contribution in [0.15, 0.2) is 54.7 Å². The lowest BCUT2D eigenvalue weighted by Gasteiger charge is -2.42. The van der Waals surface area contributed by atoms with Crippen LogP contribution in [0.4, 0.5) is 39.0 Å². The highest BCUT2D eigenvalue weighted by atomic mass is 31.2. The van der Waals surface area contributed by atoms with E-state index in [4.69, 9.17) is 4.84 Å². The number of halogens is 1. The molecule has 0 N–H and O–H groups in total. The predicted octanol–water partition coefficient (Wildman–Crippen LogP) is 4.57. The SMILES string of the molecule is CON(c1ccc(N2CCC(N3CCN(C)CC3)CC2)c([N+](=O)[O-])c1)c1nccc(N(F)c2ccccc2P(C)(C)=O)n1. The summed E-state index contributed by atoms with van der Waals surface area (Å²) in [6.45, 7) is 8.83. The number of rotatable bonds is 9. The third-order valence-electron chi connectivity index (χ3n) is 8.12. The van der Waals surface area contributed by atoms with E-state index in [0.29, 0.717) is 27.8 Å². The zero-order valence-electron chi connectivity index (χ0n) is 25.0. The van der Waals surface area contributed by atoms with E-state index in [1.54, 1.807) is 43.7 Å². The molecule has 2 aliphatic heterocycles. The van der Waals surface area contributed by atoms with Gasteiger partial charge in [-0.1, -0.05) is 16.6 Å². The fraction of sp³-hybridized carbons (Fsp3) is 0.448. The van der Waals surface area contributed by atoms with Gasteiger partial charge in [-0.05, 0) is 57.5 Å². The van der Waals surface area contributed by atoms with Crippen LogP contribution in [0.1, 0.15) is 12.8 Å². The number of aromatic nitrogens is 2. The van der Waals surface area contributed by atoms with Crippen molar-refractivity contribution in [3.8, 4) is 0 Å². The van der Waals surface area contributed by atoms with Gasteiger partial charge in [0.25, 0.3) is 11.6 Å². The van der Waals surface area contributed by atoms with Crippen LogP contribution in [0.3, 0.4) is 0 Å². The molecule has 0 amide bonds. The molecule has 2 aromatic carbocycles. The van der Waals surface area contributed by atoms with Gasteiger partial charge in [-0.2, -0.15) is 15.2 Å². The minimum Gasteiger partial charge on any atom is -0.366 e. The van der Waals surface area contributed by atoms with Gasteiger partial charge in [0.2, 0.25) is 0 Å². The Balaban J connectivity index is 1.37. The highest BCUT2D eigenvalue weighted by Gasteiger charge is 2.30. The Morgan fingerprint density at radius 1 is 1.05 bits per heavy atom. The number of nitrogens with zero attached hydrogens (tertiary/aromatic N) is 8. The minimum absolute atomic E-state index is 0.0219. The number of hydrogen-bond acceptors (Lipinski definition) is 11. The van der Waals surface area contributed by atoms with E-state index in [1.807, 2.05) is 0 Å². The maximum Gasteiger partial charge on any atom is 0.294 e. The topological polar surface area (TPSA) is 111 Å². The molecule has 3 aromatic rings. The van der Waals surface area contributed by atoms with Crippen molar-refractivity contribution < 1.29 is 18.8 Å². The first kappa shape index (κ1) is 30.8. The molecule has 2 fully saturated rings. The zero-order chi connectivity index (χ0) is 30.7. The van der Waals surface area contributed by atoms with E-state index in [1.165, 1.54) is 36.6 Å². The van der Waals surface area contributed by atoms with Crippen molar-refractivity contribution >= 4 is 47.0 Å². The Bertz CT molecular complexity index is 1490. The third-order valence-corrected chi connectivity index (χ3v) is 9.66. The number of anilines is 5. The van der Waals surface area contributed by atoms with Crippen LogP contribution < -0.4 is 20.4 Å². The van der Waals surface area contributed by atoms with Gasteiger partial charge in [-0.25, -0.2) is 4.98 Å². The van der Waals surface area contributed by atoms with Crippen molar-refractivity contribution in [2.75, 3.05) is 81.8 Å². The average molecular weight is 613 g/mol. The van der Waals surface area contributed by atoms with Gasteiger partial charge in [0.05, 0.1) is 23.4 Å². The van der Waals surface area contributed by atoms with Crippen molar-refractivity contribution in [2.45, 2.75) is 18.9 Å². The summed E-state index contributed by atoms with van der Waals surface area (Å²) in [4.78, 5) is 32.9. The molecule has 0 radical (unpaired) electrons. The van der Waals surface area contributed by atoms with Crippen molar-refractivity contribution in [3.05, 3.63) is 64.8 Å². The lowest BCUT2D eigenvalue weighted by Crippen LogP contribution is -2.52. The molecule has 12 nitrogen and oxygen atoms in total. The van der Waals surface area contributed by atoms with Crippen molar-refractivity contribution in [1.29, 1.82) is 0 Å². The minimum atomic E-state index is -2.79. The molecule has 0 spiro atoms. The van der Waals surface area contributed by atoms with Gasteiger partial charge in [0.1, 0.15) is 12.8 Å². The fourth-order valence-corrected chi connectivity index (χ4v) is 6.93. The van der Waals surface area contributed by atoms with Crippen molar-refractivity contribution in [3.63, 3.8) is 0 Å². The molecular formula is C29H38FN8O4P. The van der Waals surface area contributed by atoms with E-state index in [-0.39, 0.29) is 23.1 Å². The number of benzene rings is 2. The Labute approximate surface area is 251 Å². The average Bonchev–Trinajstić information content (AvgIpc) is 3.01. The molecular weight excluding hydrogens is 574 g/mol. The molecule has 0 unspecified atom stereocenters. The number of piperazine rings is 1. The lowest BCUT2D eigenvalue weighted by atomic mass is 10.0. The maximum atomic E-state index is 15.7. The summed E-state index contributed by atoms with van der Waals surface area (Å²) in [6.07, 6.45) is 3.26. The van der Waals surface area contributed by atoms with Crippen molar-refractivity contribution in [2.24, 2.45) is 0 Å². The van der Waals surface area contributed by atoms with Crippen molar-refractivity contribution in [1.82, 2.24) is 19.8 Å². The second-order valence-corrected chi connectivity index (χ2v) is 14.5. The molecule has 1 aromatic heterocycles. The molecule has 2 aliphatic rings. The predicted molar refractivity (Wildman–Crippen MR) is 167 cm³/mol. The highest BCUT2D eigenvalue weighted by Crippen LogP contribution is 2.41. The number of nitro benzene ring substituents is 1. The largest absolute Gasteiger partial charge is 0.366 e. The number of nitro groups is 1. The molecule has 0 saturated carbocycles. The smallest absolute Gasteiger partial charge is 0.294 e. The molecule has 0 atom stereocenters. The van der Waals surface area contributed by atoms with E-state index in [9.17, 15) is 14.7 Å². The van der Waals surface area contributed by atoms with E-state index in [0.717, 1.165) is 52.1 Å². The molecule has 5 rings (SSSR count). The van der Waals surface area contributed by atoms with Crippen LogP contribution in [0.2, 0.25) is 0 Å². The second-order valence-electron chi connectivity index (χ2n) is 11.3. The number of likely N-dealkylation sites (N-methyl/N-ethyl adjacent to an activating group) is 1. The molecule has 43 heavy (non-hydrogen) atoms. The zero-order valence-corrected chi connectivity index (χ0v) is 25.9. The van der Waals surface area contributed by atoms with E-state index in [2.05, 4.69) is 31.7 Å². The van der Waals surface area contributed by atoms with Crippen LogP contribution in [-0.2, 0) is 9.40 Å². The van der Waals surface area contributed by atoms with Crippen LogP contribution in [0.25, 0.3) is 0 Å². The van der Waals surface area contributed by atoms with Gasteiger partial charge in [0, 0.05) is 68.9 Å². The Hall–Kier alpha value is -3.64. The molecule has 2 saturated heterocycles. The molecule has 14 heteroatoms. The van der Waals surface area contributed by atoms with Crippen LogP contribution >= 0.6 is 7.14 Å². The summed E-state index contributed by atoms with van der Waals surface area (Å²) in [5.74, 6) is -0.131. The molecule has 0 bridgehead atoms. The Morgan fingerprint density at radius 2 is 1.74 bits per heavy atom. The first-order valence-corrected chi connectivity index (χ1v) is 16.9. The third kappa shape index (κ3) is 6.80. The summed E-state index contributed by atoms with van der Waals surface area (Å²) in [5, 5.41) is 14.2. The number of hydrogen-bond donors (Lipinski definition) is 0. The quantitative estimate of drug-likeness (QED) is 0.147. The Morgan fingerprint density at radius 3 is 2.40 bits per heavy atom. The summed E-state index contributed by atoms with van der Waals surface area (Å²) in [6, 6.07) is 13.2. The van der Waals surface area contributed by atoms with E-state index >= 15 is 4.48 Å². The summed E-state index contributed by atoms with van der Waals surface area (Å²) >= 11 is 0. The summed E-state index contributed by atoms with van der Waals surface area (Å²) in [7, 11) is 0.732. The number of para-hydroxylation sites is 1. The molecule has 0 aliphatic carbocycles. The second kappa shape index (κ2) is 12.9. The first-order valence-electron chi connectivity index (χ1n) is 14.3. The van der Waals surface area contributed by atoms with Gasteiger partial charge in [-0.3, -0.25) is 19.9 Å². The van der Waals surface area contributed by atoms with Gasteiger partial charge in [-0.15, -0.1) is 0 Å². The standard InChI is InChI=1S/C29H38FN8O4P/c1-33-17-19-34(20-18-33)22-12-15-35(16-13-22)24-10-9-23(21-26(24)38(39)40)37(42-2)29-31-14-11-28(32-29)36(30)25-7-5-6-8-27(25)43(3,4)41/h5-11,14,21-22H,12-13,15-20H2,1-4H3. The fourth-order valence-electron chi connectivity index (χ4n) is 5.77. The van der Waals surface area contributed by atoms with E-state index < -0.39 is 12.1 Å². The molecule has 3 heterocycles. The number of piperidine rings is 1.